The van der Waals surface area contributed by atoms with E-state index < -0.39 is 11.9 Å². The minimum absolute atomic E-state index is 0.0249. The quantitative estimate of drug-likeness (QED) is 0.292. The third kappa shape index (κ3) is 7.82. The first kappa shape index (κ1) is 26.7. The molecule has 2 aromatic carbocycles. The van der Waals surface area contributed by atoms with E-state index in [0.29, 0.717) is 37.2 Å². The summed E-state index contributed by atoms with van der Waals surface area (Å²) in [5.74, 6) is 0.352. The molecule has 10 heteroatoms. The highest BCUT2D eigenvalue weighted by Crippen LogP contribution is 2.43. The fourth-order valence-electron chi connectivity index (χ4n) is 3.08. The Morgan fingerprint density at radius 1 is 0.909 bits per heavy atom. The van der Waals surface area contributed by atoms with Gasteiger partial charge in [0.15, 0.2) is 5.78 Å². The lowest BCUT2D eigenvalue weighted by Gasteiger charge is -2.19. The SMILES string of the molecule is NC(=O)CC(N)C(C(=O)C1CC1)=C(SCc1ccc(Cl)cc1Cl)SCc1ccc(Cl)cc1Cl. The number of rotatable bonds is 11. The predicted molar refractivity (Wildman–Crippen MR) is 142 cm³/mol. The highest BCUT2D eigenvalue weighted by atomic mass is 35.5. The Kier molecular flexibility index (Phi) is 9.89. The molecule has 2 aromatic rings. The monoisotopic (exact) mass is 562 g/mol. The number of carbonyl (C=O) groups is 2. The molecule has 176 valence electrons. The standard InChI is InChI=1S/C23H22Cl4N2O2S2/c24-15-5-3-13(17(26)7-15)10-32-23(33-11-14-4-6-16(25)8-18(14)27)21(19(28)9-20(29)30)22(31)12-1-2-12/h3-8,12,19H,1-2,9-11,28H2,(H2,29,30). The van der Waals surface area contributed by atoms with Crippen molar-refractivity contribution in [1.29, 1.82) is 0 Å². The van der Waals surface area contributed by atoms with E-state index >= 15 is 0 Å². The van der Waals surface area contributed by atoms with Gasteiger partial charge in [-0.05, 0) is 48.2 Å². The fraction of sp³-hybridized carbons (Fsp3) is 0.304. The zero-order chi connectivity index (χ0) is 24.1. The molecule has 0 spiro atoms. The first-order chi connectivity index (χ1) is 15.7. The van der Waals surface area contributed by atoms with Gasteiger partial charge in [0.2, 0.25) is 5.91 Å². The molecule has 1 atom stereocenters. The molecule has 33 heavy (non-hydrogen) atoms. The molecule has 0 bridgehead atoms. The van der Waals surface area contributed by atoms with Crippen molar-refractivity contribution >= 4 is 81.6 Å². The van der Waals surface area contributed by atoms with E-state index in [1.54, 1.807) is 24.3 Å². The second-order valence-electron chi connectivity index (χ2n) is 7.67. The maximum Gasteiger partial charge on any atom is 0.219 e. The zero-order valence-corrected chi connectivity index (χ0v) is 22.1. The molecule has 1 amide bonds. The third-order valence-corrected chi connectivity index (χ3v) is 8.73. The molecule has 1 saturated carbocycles. The van der Waals surface area contributed by atoms with Gasteiger partial charge >= 0.3 is 0 Å². The Morgan fingerprint density at radius 3 is 1.79 bits per heavy atom. The van der Waals surface area contributed by atoms with Crippen LogP contribution in [0.25, 0.3) is 0 Å². The van der Waals surface area contributed by atoms with Crippen molar-refractivity contribution in [1.82, 2.24) is 0 Å². The summed E-state index contributed by atoms with van der Waals surface area (Å²) >= 11 is 27.6. The van der Waals surface area contributed by atoms with Gasteiger partial charge in [0.05, 0.1) is 0 Å². The van der Waals surface area contributed by atoms with Gasteiger partial charge in [0, 0.05) is 59.8 Å². The summed E-state index contributed by atoms with van der Waals surface area (Å²) in [5.41, 5.74) is 13.9. The van der Waals surface area contributed by atoms with Gasteiger partial charge in [0.25, 0.3) is 0 Å². The van der Waals surface area contributed by atoms with Crippen LogP contribution in [0.4, 0.5) is 0 Å². The smallest absolute Gasteiger partial charge is 0.219 e. The molecule has 1 unspecified atom stereocenters. The number of thioether (sulfide) groups is 2. The fourth-order valence-corrected chi connectivity index (χ4v) is 6.77. The topological polar surface area (TPSA) is 86.2 Å². The van der Waals surface area contributed by atoms with Crippen LogP contribution in [-0.2, 0) is 21.1 Å². The molecular weight excluding hydrogens is 542 g/mol. The maximum atomic E-state index is 13.2. The average Bonchev–Trinajstić information content (AvgIpc) is 3.56. The molecule has 0 saturated heterocycles. The Labute approximate surface area is 221 Å². The van der Waals surface area contributed by atoms with Crippen molar-refractivity contribution in [3.63, 3.8) is 0 Å². The van der Waals surface area contributed by atoms with E-state index in [2.05, 4.69) is 0 Å². The van der Waals surface area contributed by atoms with Crippen LogP contribution < -0.4 is 11.5 Å². The minimum atomic E-state index is -0.785. The Hall–Kier alpha value is -0.860. The Morgan fingerprint density at radius 2 is 1.39 bits per heavy atom. The van der Waals surface area contributed by atoms with E-state index in [9.17, 15) is 9.59 Å². The molecular formula is C23H22Cl4N2O2S2. The van der Waals surface area contributed by atoms with Gasteiger partial charge in [-0.2, -0.15) is 0 Å². The summed E-state index contributed by atoms with van der Waals surface area (Å²) in [5, 5.41) is 2.17. The highest BCUT2D eigenvalue weighted by molar-refractivity contribution is 8.21. The second-order valence-corrected chi connectivity index (χ2v) is 11.6. The zero-order valence-electron chi connectivity index (χ0n) is 17.5. The molecule has 0 heterocycles. The number of halogens is 4. The maximum absolute atomic E-state index is 13.2. The Bertz CT molecular complexity index is 1030. The van der Waals surface area contributed by atoms with Gasteiger partial charge in [-0.3, -0.25) is 9.59 Å². The number of benzene rings is 2. The molecule has 0 radical (unpaired) electrons. The second kappa shape index (κ2) is 12.2. The van der Waals surface area contributed by atoms with Crippen LogP contribution >= 0.6 is 69.9 Å². The summed E-state index contributed by atoms with van der Waals surface area (Å²) in [4.78, 5) is 24.8. The lowest BCUT2D eigenvalue weighted by molar-refractivity contribution is -0.118. The molecule has 1 fully saturated rings. The Balaban J connectivity index is 1.94. The first-order valence-corrected chi connectivity index (χ1v) is 13.6. The van der Waals surface area contributed by atoms with Crippen LogP contribution in [-0.4, -0.2) is 17.7 Å². The summed E-state index contributed by atoms with van der Waals surface area (Å²) in [6.45, 7) is 0. The van der Waals surface area contributed by atoms with E-state index in [0.717, 1.165) is 28.2 Å². The number of hydrogen-bond acceptors (Lipinski definition) is 5. The third-order valence-electron chi connectivity index (χ3n) is 4.97. The first-order valence-electron chi connectivity index (χ1n) is 10.1. The van der Waals surface area contributed by atoms with Crippen LogP contribution in [0, 0.1) is 5.92 Å². The molecule has 4 nitrogen and oxygen atoms in total. The van der Waals surface area contributed by atoms with Crippen molar-refractivity contribution in [2.24, 2.45) is 17.4 Å². The van der Waals surface area contributed by atoms with Gasteiger partial charge < -0.3 is 11.5 Å². The van der Waals surface area contributed by atoms with Crippen molar-refractivity contribution in [3.05, 3.63) is 77.4 Å². The number of Topliss-reactive ketones (excluding diaryl/α,β-unsaturated/α-hetero) is 1. The van der Waals surface area contributed by atoms with Gasteiger partial charge in [-0.25, -0.2) is 0 Å². The van der Waals surface area contributed by atoms with Crippen LogP contribution in [0.2, 0.25) is 20.1 Å². The largest absolute Gasteiger partial charge is 0.370 e. The van der Waals surface area contributed by atoms with Crippen molar-refractivity contribution < 1.29 is 9.59 Å². The molecule has 1 aliphatic rings. The van der Waals surface area contributed by atoms with Crippen LogP contribution in [0.1, 0.15) is 30.4 Å². The minimum Gasteiger partial charge on any atom is -0.370 e. The van der Waals surface area contributed by atoms with Gasteiger partial charge in [0.1, 0.15) is 0 Å². The highest BCUT2D eigenvalue weighted by Gasteiger charge is 2.36. The van der Waals surface area contributed by atoms with Crippen molar-refractivity contribution in [3.8, 4) is 0 Å². The number of hydrogen-bond donors (Lipinski definition) is 2. The van der Waals surface area contributed by atoms with Crippen LogP contribution in [0.5, 0.6) is 0 Å². The summed E-state index contributed by atoms with van der Waals surface area (Å²) in [6, 6.07) is 9.80. The van der Waals surface area contributed by atoms with Crippen molar-refractivity contribution in [2.45, 2.75) is 36.8 Å². The molecule has 3 rings (SSSR count). The van der Waals surface area contributed by atoms with E-state index in [-0.39, 0.29) is 18.1 Å². The van der Waals surface area contributed by atoms with Gasteiger partial charge in [-0.15, -0.1) is 23.5 Å². The van der Waals surface area contributed by atoms with Crippen LogP contribution in [0.3, 0.4) is 0 Å². The molecule has 0 aliphatic heterocycles. The van der Waals surface area contributed by atoms with E-state index in [1.807, 2.05) is 12.1 Å². The average molecular weight is 564 g/mol. The molecule has 0 aromatic heterocycles. The van der Waals surface area contributed by atoms with E-state index in [4.69, 9.17) is 57.9 Å². The predicted octanol–water partition coefficient (Wildman–Crippen LogP) is 6.86. The molecule has 4 N–H and O–H groups in total. The summed E-state index contributed by atoms with van der Waals surface area (Å²) in [6.07, 6.45) is 1.53. The number of nitrogens with two attached hydrogens (primary N) is 2. The summed E-state index contributed by atoms with van der Waals surface area (Å²) in [7, 11) is 0. The number of ketones is 1. The van der Waals surface area contributed by atoms with Crippen LogP contribution in [0.15, 0.2) is 46.2 Å². The number of primary amides is 1. The van der Waals surface area contributed by atoms with E-state index in [1.165, 1.54) is 23.5 Å². The summed E-state index contributed by atoms with van der Waals surface area (Å²) < 4.78 is 0.734. The lowest BCUT2D eigenvalue weighted by atomic mass is 9.99. The normalized spacial score (nSPS) is 14.1. The lowest BCUT2D eigenvalue weighted by Crippen LogP contribution is -2.33. The number of carbonyl (C=O) groups excluding carboxylic acids is 2. The number of amides is 1. The van der Waals surface area contributed by atoms with Gasteiger partial charge in [-0.1, -0.05) is 58.5 Å². The molecule has 1 aliphatic carbocycles. The van der Waals surface area contributed by atoms with Crippen molar-refractivity contribution in [2.75, 3.05) is 0 Å².